The minimum Gasteiger partial charge on any atom is -0.338 e. The molecule has 2 N–H and O–H groups in total. The lowest BCUT2D eigenvalue weighted by atomic mass is 10.2. The molecule has 0 bridgehead atoms. The molecule has 0 fully saturated rings. The number of hydrogen-bond donors (Lipinski definition) is 1. The van der Waals surface area contributed by atoms with Crippen LogP contribution in [0.3, 0.4) is 0 Å². The van der Waals surface area contributed by atoms with Gasteiger partial charge < -0.3 is 5.84 Å². The van der Waals surface area contributed by atoms with E-state index < -0.39 is 0 Å². The Balaban J connectivity index is 0.000000457. The minimum absolute atomic E-state index is 0.825. The van der Waals surface area contributed by atoms with E-state index in [4.69, 9.17) is 5.84 Å². The van der Waals surface area contributed by atoms with Gasteiger partial charge in [-0.3, -0.25) is 4.98 Å². The Hall–Kier alpha value is -2.10. The number of imidazole rings is 1. The van der Waals surface area contributed by atoms with E-state index >= 15 is 0 Å². The lowest BCUT2D eigenvalue weighted by Crippen LogP contribution is -2.05. The van der Waals surface area contributed by atoms with Gasteiger partial charge in [-0.25, -0.2) is 9.66 Å². The summed E-state index contributed by atoms with van der Waals surface area (Å²) in [7, 11) is 0. The number of pyridine rings is 1. The topological polar surface area (TPSA) is 56.7 Å². The second kappa shape index (κ2) is 4.18. The van der Waals surface area contributed by atoms with Gasteiger partial charge in [0.2, 0.25) is 0 Å². The average molecular weight is 214 g/mol. The number of nitrogens with two attached hydrogens (primary N) is 1. The van der Waals surface area contributed by atoms with Gasteiger partial charge in [-0.05, 0) is 6.07 Å². The monoisotopic (exact) mass is 214 g/mol. The molecular formula is C12H14N4. The van der Waals surface area contributed by atoms with Crippen LogP contribution in [-0.2, 0) is 0 Å². The second-order valence-electron chi connectivity index (χ2n) is 3.16. The molecule has 1 aromatic carbocycles. The lowest BCUT2D eigenvalue weighted by molar-refractivity contribution is 1.04. The number of aromatic nitrogens is 3. The second-order valence-corrected chi connectivity index (χ2v) is 3.16. The van der Waals surface area contributed by atoms with E-state index in [1.807, 2.05) is 38.1 Å². The Morgan fingerprint density at radius 2 is 1.81 bits per heavy atom. The van der Waals surface area contributed by atoms with Gasteiger partial charge in [0.15, 0.2) is 0 Å². The third-order valence-corrected chi connectivity index (χ3v) is 2.31. The number of rotatable bonds is 0. The van der Waals surface area contributed by atoms with Gasteiger partial charge >= 0.3 is 0 Å². The molecule has 0 unspecified atom stereocenters. The Bertz CT molecular complexity index is 613. The van der Waals surface area contributed by atoms with Crippen molar-refractivity contribution in [3.05, 3.63) is 36.8 Å². The standard InChI is InChI=1S/C10H8N4.C2H6/c11-14-6-13-9-5-12-8-4-2-1-3-7(8)10(9)14;1-2/h1-6H,11H2;1-2H3. The van der Waals surface area contributed by atoms with Crippen molar-refractivity contribution in [2.24, 2.45) is 0 Å². The fourth-order valence-electron chi connectivity index (χ4n) is 1.66. The van der Waals surface area contributed by atoms with Crippen molar-refractivity contribution in [3.63, 3.8) is 0 Å². The Morgan fingerprint density at radius 3 is 2.62 bits per heavy atom. The molecule has 3 rings (SSSR count). The molecule has 0 amide bonds. The van der Waals surface area contributed by atoms with Crippen molar-refractivity contribution in [3.8, 4) is 0 Å². The zero-order valence-corrected chi connectivity index (χ0v) is 9.38. The molecule has 0 radical (unpaired) electrons. The van der Waals surface area contributed by atoms with Gasteiger partial charge in [0.05, 0.1) is 11.7 Å². The highest BCUT2D eigenvalue weighted by Crippen LogP contribution is 2.20. The van der Waals surface area contributed by atoms with Crippen LogP contribution in [0.1, 0.15) is 13.8 Å². The largest absolute Gasteiger partial charge is 0.338 e. The molecule has 4 nitrogen and oxygen atoms in total. The maximum atomic E-state index is 5.77. The number of para-hydroxylation sites is 1. The Kier molecular flexibility index (Phi) is 2.72. The van der Waals surface area contributed by atoms with Gasteiger partial charge in [-0.15, -0.1) is 0 Å². The zero-order chi connectivity index (χ0) is 11.5. The van der Waals surface area contributed by atoms with Gasteiger partial charge in [0.1, 0.15) is 17.4 Å². The number of hydrogen-bond acceptors (Lipinski definition) is 3. The van der Waals surface area contributed by atoms with Crippen molar-refractivity contribution in [2.75, 3.05) is 5.84 Å². The highest BCUT2D eigenvalue weighted by molar-refractivity contribution is 6.01. The summed E-state index contributed by atoms with van der Waals surface area (Å²) < 4.78 is 1.53. The van der Waals surface area contributed by atoms with Gasteiger partial charge in [-0.2, -0.15) is 0 Å². The van der Waals surface area contributed by atoms with E-state index in [1.54, 1.807) is 12.5 Å². The summed E-state index contributed by atoms with van der Waals surface area (Å²) in [5.74, 6) is 5.77. The van der Waals surface area contributed by atoms with Crippen LogP contribution >= 0.6 is 0 Å². The molecule has 0 aliphatic carbocycles. The molecule has 0 saturated heterocycles. The Labute approximate surface area is 93.7 Å². The first kappa shape index (κ1) is 10.4. The number of nitrogens with zero attached hydrogens (tertiary/aromatic N) is 3. The van der Waals surface area contributed by atoms with Crippen molar-refractivity contribution in [2.45, 2.75) is 13.8 Å². The highest BCUT2D eigenvalue weighted by Gasteiger charge is 2.05. The van der Waals surface area contributed by atoms with E-state index in [1.165, 1.54) is 4.68 Å². The quantitative estimate of drug-likeness (QED) is 0.584. The smallest absolute Gasteiger partial charge is 0.115 e. The lowest BCUT2D eigenvalue weighted by Gasteiger charge is -1.99. The average Bonchev–Trinajstić information content (AvgIpc) is 2.74. The molecule has 0 aliphatic rings. The highest BCUT2D eigenvalue weighted by atomic mass is 15.3. The summed E-state index contributed by atoms with van der Waals surface area (Å²) in [6.07, 6.45) is 3.33. The summed E-state index contributed by atoms with van der Waals surface area (Å²) in [5.41, 5.74) is 2.69. The third-order valence-electron chi connectivity index (χ3n) is 2.31. The number of benzene rings is 1. The first-order valence-corrected chi connectivity index (χ1v) is 5.32. The normalized spacial score (nSPS) is 10.1. The van der Waals surface area contributed by atoms with Gasteiger partial charge in [0.25, 0.3) is 0 Å². The van der Waals surface area contributed by atoms with E-state index in [0.717, 1.165) is 21.9 Å². The van der Waals surface area contributed by atoms with Gasteiger partial charge in [-0.1, -0.05) is 32.0 Å². The number of nitrogen functional groups attached to an aromatic ring is 1. The van der Waals surface area contributed by atoms with E-state index in [9.17, 15) is 0 Å². The Morgan fingerprint density at radius 1 is 1.06 bits per heavy atom. The van der Waals surface area contributed by atoms with Crippen molar-refractivity contribution in [1.29, 1.82) is 0 Å². The van der Waals surface area contributed by atoms with E-state index in [-0.39, 0.29) is 0 Å². The summed E-state index contributed by atoms with van der Waals surface area (Å²) in [6.45, 7) is 4.00. The summed E-state index contributed by atoms with van der Waals surface area (Å²) in [6, 6.07) is 7.88. The number of fused-ring (bicyclic) bond motifs is 3. The van der Waals surface area contributed by atoms with Crippen LogP contribution < -0.4 is 5.84 Å². The molecular weight excluding hydrogens is 200 g/mol. The molecule has 4 heteroatoms. The fourth-order valence-corrected chi connectivity index (χ4v) is 1.66. The summed E-state index contributed by atoms with van der Waals surface area (Å²) in [5, 5.41) is 1.03. The SMILES string of the molecule is CC.Nn1cnc2cnc3ccccc3c21. The summed E-state index contributed by atoms with van der Waals surface area (Å²) >= 11 is 0. The van der Waals surface area contributed by atoms with Crippen LogP contribution in [0.2, 0.25) is 0 Å². The van der Waals surface area contributed by atoms with Crippen LogP contribution in [0.25, 0.3) is 21.9 Å². The first-order chi connectivity index (χ1) is 7.86. The predicted molar refractivity (Wildman–Crippen MR) is 66.5 cm³/mol. The zero-order valence-electron chi connectivity index (χ0n) is 9.38. The van der Waals surface area contributed by atoms with E-state index in [0.29, 0.717) is 0 Å². The third kappa shape index (κ3) is 1.48. The molecule has 0 spiro atoms. The van der Waals surface area contributed by atoms with Crippen molar-refractivity contribution >= 4 is 21.9 Å². The molecule has 82 valence electrons. The maximum absolute atomic E-state index is 5.77. The molecule has 2 heterocycles. The maximum Gasteiger partial charge on any atom is 0.115 e. The van der Waals surface area contributed by atoms with Crippen LogP contribution in [0.15, 0.2) is 36.8 Å². The van der Waals surface area contributed by atoms with Crippen molar-refractivity contribution < 1.29 is 0 Å². The first-order valence-electron chi connectivity index (χ1n) is 5.32. The molecule has 0 saturated carbocycles. The van der Waals surface area contributed by atoms with Crippen LogP contribution in [-0.4, -0.2) is 14.6 Å². The molecule has 0 aliphatic heterocycles. The predicted octanol–water partition coefficient (Wildman–Crippen LogP) is 2.32. The minimum atomic E-state index is 0.825. The molecule has 0 atom stereocenters. The fraction of sp³-hybridized carbons (Fsp3) is 0.167. The van der Waals surface area contributed by atoms with Crippen LogP contribution in [0.4, 0.5) is 0 Å². The van der Waals surface area contributed by atoms with Crippen molar-refractivity contribution in [1.82, 2.24) is 14.6 Å². The molecule has 16 heavy (non-hydrogen) atoms. The van der Waals surface area contributed by atoms with Crippen LogP contribution in [0.5, 0.6) is 0 Å². The van der Waals surface area contributed by atoms with E-state index in [2.05, 4.69) is 9.97 Å². The summed E-state index contributed by atoms with van der Waals surface area (Å²) in [4.78, 5) is 8.44. The molecule has 2 aromatic heterocycles. The molecule has 3 aromatic rings. The van der Waals surface area contributed by atoms with Crippen LogP contribution in [0, 0.1) is 0 Å². The van der Waals surface area contributed by atoms with Gasteiger partial charge in [0, 0.05) is 5.39 Å².